The van der Waals surface area contributed by atoms with E-state index in [4.69, 9.17) is 9.47 Å². The van der Waals surface area contributed by atoms with Crippen molar-refractivity contribution in [1.29, 1.82) is 0 Å². The molecule has 0 aliphatic carbocycles. The molecule has 1 aromatic heterocycles. The molecular formula is C34H38N6O5S. The third-order valence-electron chi connectivity index (χ3n) is 7.22. The zero-order valence-corrected chi connectivity index (χ0v) is 27.1. The second-order valence-corrected chi connectivity index (χ2v) is 11.5. The zero-order chi connectivity index (χ0) is 32.9. The molecule has 3 aromatic rings. The van der Waals surface area contributed by atoms with Gasteiger partial charge in [-0.1, -0.05) is 52.9 Å². The molecule has 240 valence electrons. The highest BCUT2D eigenvalue weighted by molar-refractivity contribution is 7.10. The molecule has 0 radical (unpaired) electrons. The Labute approximate surface area is 273 Å². The fourth-order valence-corrected chi connectivity index (χ4v) is 5.25. The molecule has 1 aliphatic rings. The predicted molar refractivity (Wildman–Crippen MR) is 177 cm³/mol. The number of anilines is 1. The number of ether oxygens (including phenoxy) is 2. The molecule has 11 nitrogen and oxygen atoms in total. The van der Waals surface area contributed by atoms with Crippen LogP contribution >= 0.6 is 11.5 Å². The molecule has 3 N–H and O–H groups in total. The van der Waals surface area contributed by atoms with Crippen molar-refractivity contribution in [2.24, 2.45) is 0 Å². The summed E-state index contributed by atoms with van der Waals surface area (Å²) < 4.78 is 15.1. The molecule has 1 saturated heterocycles. The normalized spacial score (nSPS) is 15.2. The number of rotatable bonds is 12. The van der Waals surface area contributed by atoms with Crippen molar-refractivity contribution in [2.45, 2.75) is 57.8 Å². The van der Waals surface area contributed by atoms with E-state index in [0.717, 1.165) is 17.1 Å². The fourth-order valence-electron chi connectivity index (χ4n) is 4.65. The molecule has 0 saturated carbocycles. The van der Waals surface area contributed by atoms with Gasteiger partial charge in [-0.05, 0) is 76.1 Å². The second kappa shape index (κ2) is 17.1. The van der Waals surface area contributed by atoms with E-state index in [0.29, 0.717) is 48.0 Å². The molecule has 2 heterocycles. The van der Waals surface area contributed by atoms with Crippen LogP contribution in [-0.2, 0) is 19.1 Å². The van der Waals surface area contributed by atoms with Crippen LogP contribution in [0.2, 0.25) is 0 Å². The van der Waals surface area contributed by atoms with Crippen LogP contribution in [0.5, 0.6) is 5.75 Å². The van der Waals surface area contributed by atoms with E-state index >= 15 is 0 Å². The smallest absolute Gasteiger partial charge is 0.250 e. The van der Waals surface area contributed by atoms with E-state index in [1.807, 2.05) is 44.2 Å². The maximum Gasteiger partial charge on any atom is 0.250 e. The third kappa shape index (κ3) is 9.38. The van der Waals surface area contributed by atoms with Crippen molar-refractivity contribution in [3.05, 3.63) is 60.2 Å². The van der Waals surface area contributed by atoms with Crippen LogP contribution in [-0.4, -0.2) is 77.2 Å². The van der Waals surface area contributed by atoms with Gasteiger partial charge in [0.15, 0.2) is 0 Å². The van der Waals surface area contributed by atoms with Crippen LogP contribution in [0.4, 0.5) is 5.00 Å². The van der Waals surface area contributed by atoms with Gasteiger partial charge in [0.25, 0.3) is 0 Å². The number of carbonyl (C=O) groups excluding carboxylic acids is 3. The van der Waals surface area contributed by atoms with Gasteiger partial charge in [-0.25, -0.2) is 0 Å². The Balaban J connectivity index is 1.46. The van der Waals surface area contributed by atoms with Crippen molar-refractivity contribution >= 4 is 34.3 Å². The van der Waals surface area contributed by atoms with Gasteiger partial charge in [0.1, 0.15) is 41.7 Å². The number of hydrogen-bond donors (Lipinski definition) is 3. The van der Waals surface area contributed by atoms with Crippen LogP contribution in [0.15, 0.2) is 54.6 Å². The molecule has 1 aliphatic heterocycles. The number of likely N-dealkylation sites (N-methyl/N-ethyl adjacent to an activating group) is 1. The first kappa shape index (κ1) is 34.1. The van der Waals surface area contributed by atoms with Crippen LogP contribution in [0.1, 0.15) is 45.2 Å². The Hall–Kier alpha value is -4.75. The van der Waals surface area contributed by atoms with E-state index in [1.165, 1.54) is 4.90 Å². The number of aromatic nitrogens is 2. The minimum absolute atomic E-state index is 0.111. The van der Waals surface area contributed by atoms with Crippen LogP contribution in [0.25, 0.3) is 11.3 Å². The summed E-state index contributed by atoms with van der Waals surface area (Å²) in [6, 6.07) is 14.0. The van der Waals surface area contributed by atoms with Gasteiger partial charge in [-0.2, -0.15) is 0 Å². The van der Waals surface area contributed by atoms with Gasteiger partial charge in [0.05, 0.1) is 12.1 Å². The summed E-state index contributed by atoms with van der Waals surface area (Å²) >= 11 is 1.08. The Morgan fingerprint density at radius 3 is 2.43 bits per heavy atom. The highest BCUT2D eigenvalue weighted by Crippen LogP contribution is 2.31. The topological polar surface area (TPSA) is 135 Å². The van der Waals surface area contributed by atoms with Crippen LogP contribution < -0.4 is 20.7 Å². The lowest BCUT2D eigenvalue weighted by Crippen LogP contribution is -2.51. The minimum atomic E-state index is -1.01. The first-order chi connectivity index (χ1) is 22.3. The lowest BCUT2D eigenvalue weighted by atomic mass is 10.0. The lowest BCUT2D eigenvalue weighted by Gasteiger charge is -2.29. The van der Waals surface area contributed by atoms with Crippen molar-refractivity contribution in [2.75, 3.05) is 32.1 Å². The summed E-state index contributed by atoms with van der Waals surface area (Å²) in [6.07, 6.45) is 1.24. The average molecular weight is 643 g/mol. The van der Waals surface area contributed by atoms with E-state index in [1.54, 1.807) is 38.2 Å². The highest BCUT2D eigenvalue weighted by atomic mass is 32.1. The summed E-state index contributed by atoms with van der Waals surface area (Å²) in [5.74, 6) is 10.6. The van der Waals surface area contributed by atoms with Crippen molar-refractivity contribution in [3.63, 3.8) is 0 Å². The van der Waals surface area contributed by atoms with Gasteiger partial charge < -0.3 is 30.3 Å². The Kier molecular flexibility index (Phi) is 12.7. The monoisotopic (exact) mass is 642 g/mol. The standard InChI is InChI=1S/C34H38N6O5S/c1-23(2)44-21-10-5-6-11-22-45-27-18-16-26(17-19-27)30(36-31(41)24(3)35-4)34(43)40-20-12-15-28(40)32(42)37-33-29(38-39-46-33)25-13-8-7-9-14-25/h7-9,13-14,16-19,23-24,28,30,35H,12,15,20-22H2,1-4H3,(H,36,41)(H,37,42)/t24-,28-,30-/m0/s1. The van der Waals surface area contributed by atoms with Gasteiger partial charge in [0, 0.05) is 23.6 Å². The van der Waals surface area contributed by atoms with Crippen LogP contribution in [0.3, 0.4) is 0 Å². The van der Waals surface area contributed by atoms with E-state index < -0.39 is 18.1 Å². The second-order valence-electron chi connectivity index (χ2n) is 10.8. The zero-order valence-electron chi connectivity index (χ0n) is 26.3. The summed E-state index contributed by atoms with van der Waals surface area (Å²) in [4.78, 5) is 42.1. The number of likely N-dealkylation sites (tertiary alicyclic amines) is 1. The molecular weight excluding hydrogens is 604 g/mol. The number of hydrogen-bond acceptors (Lipinski definition) is 9. The molecule has 1 fully saturated rings. The summed E-state index contributed by atoms with van der Waals surface area (Å²) in [6.45, 7) is 6.41. The number of nitrogens with one attached hydrogen (secondary N) is 3. The number of benzene rings is 2. The minimum Gasteiger partial charge on any atom is -0.481 e. The summed E-state index contributed by atoms with van der Waals surface area (Å²) in [7, 11) is 1.67. The molecule has 2 aromatic carbocycles. The van der Waals surface area contributed by atoms with Gasteiger partial charge in [0.2, 0.25) is 17.7 Å². The van der Waals surface area contributed by atoms with Gasteiger partial charge >= 0.3 is 0 Å². The lowest BCUT2D eigenvalue weighted by molar-refractivity contribution is -0.140. The van der Waals surface area contributed by atoms with Gasteiger partial charge in [-0.15, -0.1) is 5.10 Å². The molecule has 0 unspecified atom stereocenters. The molecule has 3 atom stereocenters. The average Bonchev–Trinajstić information content (AvgIpc) is 3.75. The maximum absolute atomic E-state index is 14.1. The molecule has 46 heavy (non-hydrogen) atoms. The largest absolute Gasteiger partial charge is 0.481 e. The number of nitrogens with zero attached hydrogens (tertiary/aromatic N) is 3. The Bertz CT molecular complexity index is 1600. The molecule has 0 spiro atoms. The van der Waals surface area contributed by atoms with Crippen molar-refractivity contribution in [3.8, 4) is 40.7 Å². The molecule has 12 heteroatoms. The summed E-state index contributed by atoms with van der Waals surface area (Å²) in [5.41, 5.74) is 1.95. The highest BCUT2D eigenvalue weighted by Gasteiger charge is 2.39. The number of carbonyl (C=O) groups is 3. The van der Waals surface area contributed by atoms with E-state index in [9.17, 15) is 14.4 Å². The van der Waals surface area contributed by atoms with Crippen molar-refractivity contribution in [1.82, 2.24) is 25.1 Å². The van der Waals surface area contributed by atoms with E-state index in [2.05, 4.69) is 49.2 Å². The van der Waals surface area contributed by atoms with Gasteiger partial charge in [-0.3, -0.25) is 14.4 Å². The number of amides is 3. The fraction of sp³-hybridized carbons (Fsp3) is 0.382. The van der Waals surface area contributed by atoms with E-state index in [-0.39, 0.29) is 30.4 Å². The molecule has 3 amide bonds. The summed E-state index contributed by atoms with van der Waals surface area (Å²) in [5, 5.41) is 13.4. The Morgan fingerprint density at radius 2 is 1.74 bits per heavy atom. The first-order valence-electron chi connectivity index (χ1n) is 15.0. The maximum atomic E-state index is 14.1. The predicted octanol–water partition coefficient (Wildman–Crippen LogP) is 3.41. The van der Waals surface area contributed by atoms with Crippen molar-refractivity contribution < 1.29 is 23.9 Å². The first-order valence-corrected chi connectivity index (χ1v) is 15.8. The Morgan fingerprint density at radius 1 is 1.02 bits per heavy atom. The third-order valence-corrected chi connectivity index (χ3v) is 7.86. The SMILES string of the molecule is CN[C@@H](C)C(=O)N[C@H](C(=O)N1CCC[C@H]1C(=O)Nc1snnc1-c1ccccc1)c1ccc(OCC#CC#CCOC(C)C)cc1. The van der Waals surface area contributed by atoms with Crippen LogP contribution in [0, 0.1) is 23.7 Å². The quantitative estimate of drug-likeness (QED) is 0.256. The molecule has 0 bridgehead atoms. The molecule has 4 rings (SSSR count).